The molecule has 0 amide bonds. The summed E-state index contributed by atoms with van der Waals surface area (Å²) in [5, 5.41) is 0. The van der Waals surface area contributed by atoms with Gasteiger partial charge < -0.3 is 0 Å². The molecule has 66 valence electrons. The molecule has 0 N–H and O–H groups in total. The molecule has 13 heavy (non-hydrogen) atoms. The molecule has 0 bridgehead atoms. The smallest absolute Gasteiger partial charge is 0.00929 e. The Balaban J connectivity index is 2.06. The second-order valence-corrected chi connectivity index (χ2v) is 4.19. The van der Waals surface area contributed by atoms with E-state index in [4.69, 9.17) is 0 Å². The lowest BCUT2D eigenvalue weighted by Crippen LogP contribution is -2.00. The lowest BCUT2D eigenvalue weighted by Gasteiger charge is -2.10. The van der Waals surface area contributed by atoms with Gasteiger partial charge in [0.1, 0.15) is 0 Å². The third-order valence-corrected chi connectivity index (χ3v) is 3.47. The molecule has 0 saturated heterocycles. The van der Waals surface area contributed by atoms with Crippen LogP contribution >= 0.6 is 0 Å². The zero-order chi connectivity index (χ0) is 8.67. The van der Waals surface area contributed by atoms with E-state index in [1.807, 2.05) is 0 Å². The highest BCUT2D eigenvalue weighted by Gasteiger charge is 2.34. The number of rotatable bonds is 0. The molecule has 2 unspecified atom stereocenters. The monoisotopic (exact) mass is 170 g/mol. The molecular formula is C13H14. The Morgan fingerprint density at radius 3 is 3.08 bits per heavy atom. The SMILES string of the molecule is C1=CC=C2C(=CC3CCCC23)C=C1. The summed E-state index contributed by atoms with van der Waals surface area (Å²) >= 11 is 0. The van der Waals surface area contributed by atoms with Gasteiger partial charge in [0.25, 0.3) is 0 Å². The van der Waals surface area contributed by atoms with Crippen molar-refractivity contribution < 1.29 is 0 Å². The molecule has 0 aromatic heterocycles. The molecule has 0 heterocycles. The van der Waals surface area contributed by atoms with Crippen molar-refractivity contribution in [3.63, 3.8) is 0 Å². The Morgan fingerprint density at radius 1 is 1.08 bits per heavy atom. The standard InChI is InChI=1S/C13H14/c1-2-5-10-9-11-6-4-8-13(11)12(10)7-3-1/h1-3,5,7,9,11,13H,4,6,8H2. The number of hydrogen-bond acceptors (Lipinski definition) is 0. The quantitative estimate of drug-likeness (QED) is 0.522. The molecule has 2 atom stereocenters. The maximum absolute atomic E-state index is 2.48. The van der Waals surface area contributed by atoms with Gasteiger partial charge in [-0.05, 0) is 35.8 Å². The topological polar surface area (TPSA) is 0 Å². The molecule has 0 aliphatic heterocycles. The molecule has 0 aromatic rings. The fourth-order valence-electron chi connectivity index (χ4n) is 2.87. The minimum Gasteiger partial charge on any atom is -0.0732 e. The van der Waals surface area contributed by atoms with Crippen LogP contribution in [0, 0.1) is 11.8 Å². The first-order valence-electron chi connectivity index (χ1n) is 5.22. The van der Waals surface area contributed by atoms with E-state index in [2.05, 4.69) is 36.5 Å². The van der Waals surface area contributed by atoms with Crippen molar-refractivity contribution in [2.24, 2.45) is 11.8 Å². The van der Waals surface area contributed by atoms with Gasteiger partial charge in [0.05, 0.1) is 0 Å². The van der Waals surface area contributed by atoms with Gasteiger partial charge in [-0.25, -0.2) is 0 Å². The van der Waals surface area contributed by atoms with E-state index in [0.29, 0.717) is 0 Å². The highest BCUT2D eigenvalue weighted by atomic mass is 14.4. The average Bonchev–Trinajstić information content (AvgIpc) is 2.61. The third kappa shape index (κ3) is 1.05. The fourth-order valence-corrected chi connectivity index (χ4v) is 2.87. The number of hydrogen-bond donors (Lipinski definition) is 0. The molecular weight excluding hydrogens is 156 g/mol. The van der Waals surface area contributed by atoms with Crippen LogP contribution in [0.2, 0.25) is 0 Å². The van der Waals surface area contributed by atoms with Crippen molar-refractivity contribution in [3.8, 4) is 0 Å². The zero-order valence-electron chi connectivity index (χ0n) is 7.74. The summed E-state index contributed by atoms with van der Waals surface area (Å²) in [6.07, 6.45) is 17.7. The molecule has 0 radical (unpaired) electrons. The highest BCUT2D eigenvalue weighted by molar-refractivity contribution is 5.51. The van der Waals surface area contributed by atoms with Crippen molar-refractivity contribution >= 4 is 0 Å². The number of allylic oxidation sites excluding steroid dienone is 8. The maximum atomic E-state index is 2.48. The van der Waals surface area contributed by atoms with Crippen molar-refractivity contribution in [2.75, 3.05) is 0 Å². The Bertz CT molecular complexity index is 339. The van der Waals surface area contributed by atoms with Crippen molar-refractivity contribution in [3.05, 3.63) is 47.6 Å². The average molecular weight is 170 g/mol. The number of fused-ring (bicyclic) bond motifs is 3. The first-order chi connectivity index (χ1) is 6.45. The molecule has 0 nitrogen and oxygen atoms in total. The van der Waals surface area contributed by atoms with Gasteiger partial charge in [-0.2, -0.15) is 0 Å². The molecule has 3 rings (SSSR count). The van der Waals surface area contributed by atoms with Crippen molar-refractivity contribution in [2.45, 2.75) is 19.3 Å². The summed E-state index contributed by atoms with van der Waals surface area (Å²) in [6.45, 7) is 0. The first kappa shape index (κ1) is 7.37. The van der Waals surface area contributed by atoms with E-state index in [1.54, 1.807) is 5.57 Å². The Hall–Kier alpha value is -1.04. The molecule has 1 fully saturated rings. The molecule has 0 heteroatoms. The van der Waals surface area contributed by atoms with Gasteiger partial charge >= 0.3 is 0 Å². The zero-order valence-corrected chi connectivity index (χ0v) is 7.74. The van der Waals surface area contributed by atoms with Crippen LogP contribution in [0.1, 0.15) is 19.3 Å². The van der Waals surface area contributed by atoms with Gasteiger partial charge in [-0.1, -0.05) is 42.9 Å². The minimum atomic E-state index is 0.849. The molecule has 0 spiro atoms. The van der Waals surface area contributed by atoms with E-state index < -0.39 is 0 Å². The normalized spacial score (nSPS) is 35.1. The van der Waals surface area contributed by atoms with Gasteiger partial charge in [0, 0.05) is 0 Å². The van der Waals surface area contributed by atoms with Crippen LogP contribution in [0.4, 0.5) is 0 Å². The third-order valence-electron chi connectivity index (χ3n) is 3.47. The van der Waals surface area contributed by atoms with E-state index in [1.165, 1.54) is 24.8 Å². The van der Waals surface area contributed by atoms with Gasteiger partial charge in [0.2, 0.25) is 0 Å². The summed E-state index contributed by atoms with van der Waals surface area (Å²) < 4.78 is 0. The largest absolute Gasteiger partial charge is 0.0732 e. The van der Waals surface area contributed by atoms with Crippen LogP contribution < -0.4 is 0 Å². The first-order valence-corrected chi connectivity index (χ1v) is 5.22. The van der Waals surface area contributed by atoms with Crippen molar-refractivity contribution in [1.29, 1.82) is 0 Å². The lowest BCUT2D eigenvalue weighted by atomic mass is 9.94. The van der Waals surface area contributed by atoms with E-state index >= 15 is 0 Å². The summed E-state index contributed by atoms with van der Waals surface area (Å²) in [5.41, 5.74) is 3.08. The predicted octanol–water partition coefficient (Wildman–Crippen LogP) is 3.40. The van der Waals surface area contributed by atoms with E-state index in [-0.39, 0.29) is 0 Å². The minimum absolute atomic E-state index is 0.849. The van der Waals surface area contributed by atoms with E-state index in [0.717, 1.165) is 11.8 Å². The molecule has 0 aromatic carbocycles. The Morgan fingerprint density at radius 2 is 2.08 bits per heavy atom. The van der Waals surface area contributed by atoms with Gasteiger partial charge in [-0.3, -0.25) is 0 Å². The molecule has 3 aliphatic carbocycles. The van der Waals surface area contributed by atoms with Crippen LogP contribution in [0.3, 0.4) is 0 Å². The molecule has 1 saturated carbocycles. The summed E-state index contributed by atoms with van der Waals surface area (Å²) in [4.78, 5) is 0. The van der Waals surface area contributed by atoms with Gasteiger partial charge in [0.15, 0.2) is 0 Å². The van der Waals surface area contributed by atoms with Gasteiger partial charge in [-0.15, -0.1) is 0 Å². The van der Waals surface area contributed by atoms with Crippen molar-refractivity contribution in [1.82, 2.24) is 0 Å². The Labute approximate surface area is 79.3 Å². The molecule has 3 aliphatic rings. The second kappa shape index (κ2) is 2.73. The van der Waals surface area contributed by atoms with Crippen LogP contribution in [0.5, 0.6) is 0 Å². The van der Waals surface area contributed by atoms with Crippen LogP contribution in [-0.4, -0.2) is 0 Å². The van der Waals surface area contributed by atoms with E-state index in [9.17, 15) is 0 Å². The Kier molecular flexibility index (Phi) is 1.55. The predicted molar refractivity (Wildman–Crippen MR) is 55.3 cm³/mol. The summed E-state index contributed by atoms with van der Waals surface area (Å²) in [7, 11) is 0. The van der Waals surface area contributed by atoms with Crippen LogP contribution in [0.15, 0.2) is 47.6 Å². The maximum Gasteiger partial charge on any atom is -0.00929 e. The van der Waals surface area contributed by atoms with Crippen LogP contribution in [0.25, 0.3) is 0 Å². The second-order valence-electron chi connectivity index (χ2n) is 4.19. The summed E-state index contributed by atoms with van der Waals surface area (Å²) in [6, 6.07) is 0. The highest BCUT2D eigenvalue weighted by Crippen LogP contribution is 2.46. The van der Waals surface area contributed by atoms with Crippen LogP contribution in [-0.2, 0) is 0 Å². The fraction of sp³-hybridized carbons (Fsp3) is 0.385. The summed E-state index contributed by atoms with van der Waals surface area (Å²) in [5.74, 6) is 1.71. The lowest BCUT2D eigenvalue weighted by molar-refractivity contribution is 0.564.